The fraction of sp³-hybridized carbons (Fsp3) is 0.591. The van der Waals surface area contributed by atoms with Gasteiger partial charge in [0.15, 0.2) is 0 Å². The number of nitrogens with zero attached hydrogens (tertiary/aromatic N) is 5. The summed E-state index contributed by atoms with van der Waals surface area (Å²) in [6.07, 6.45) is 4.88. The monoisotopic (exact) mass is 430 g/mol. The number of amides is 2. The van der Waals surface area contributed by atoms with E-state index < -0.39 is 6.04 Å². The Morgan fingerprint density at radius 2 is 1.90 bits per heavy atom. The number of tetrazole rings is 1. The van der Waals surface area contributed by atoms with Crippen LogP contribution in [-0.2, 0) is 16.0 Å². The van der Waals surface area contributed by atoms with Gasteiger partial charge in [-0.25, -0.2) is 9.07 Å². The van der Waals surface area contributed by atoms with E-state index in [2.05, 4.69) is 27.8 Å². The Hall–Kier alpha value is -2.84. The predicted molar refractivity (Wildman–Crippen MR) is 114 cm³/mol. The van der Waals surface area contributed by atoms with Crippen LogP contribution in [0.1, 0.15) is 56.5 Å². The maximum atomic E-state index is 13.4. The molecule has 8 nitrogen and oxygen atoms in total. The van der Waals surface area contributed by atoms with Gasteiger partial charge in [0.25, 0.3) is 0 Å². The predicted octanol–water partition coefficient (Wildman–Crippen LogP) is 2.45. The first-order valence-electron chi connectivity index (χ1n) is 11.0. The molecule has 2 heterocycles. The van der Waals surface area contributed by atoms with Crippen molar-refractivity contribution in [2.75, 3.05) is 19.6 Å². The maximum absolute atomic E-state index is 13.4. The van der Waals surface area contributed by atoms with Crippen molar-refractivity contribution in [3.05, 3.63) is 41.5 Å². The fourth-order valence-corrected chi connectivity index (χ4v) is 3.95. The molecule has 2 amide bonds. The van der Waals surface area contributed by atoms with Gasteiger partial charge in [-0.1, -0.05) is 31.9 Å². The molecule has 0 aliphatic carbocycles. The highest BCUT2D eigenvalue weighted by atomic mass is 19.1. The number of carbonyl (C=O) groups is 2. The fourth-order valence-electron chi connectivity index (χ4n) is 3.95. The van der Waals surface area contributed by atoms with Crippen LogP contribution in [0.5, 0.6) is 0 Å². The standard InChI is InChI=1S/C22H31FN6O2/c1-3-4-5-12-24-21(30)18-10-13-28(14-11-18)22(31)20(29-16(2)25-26-27-29)15-17-6-8-19(23)9-7-17/h6-9,18,20H,3-5,10-15H2,1-2H3,(H,24,30). The van der Waals surface area contributed by atoms with Gasteiger partial charge in [-0.05, 0) is 54.3 Å². The Morgan fingerprint density at radius 1 is 1.19 bits per heavy atom. The van der Waals surface area contributed by atoms with Gasteiger partial charge in [0, 0.05) is 32.0 Å². The number of piperidine rings is 1. The number of rotatable bonds is 9. The second-order valence-corrected chi connectivity index (χ2v) is 8.11. The summed E-state index contributed by atoms with van der Waals surface area (Å²) in [7, 11) is 0. The number of likely N-dealkylation sites (tertiary alicyclic amines) is 1. The van der Waals surface area contributed by atoms with Crippen LogP contribution in [0.25, 0.3) is 0 Å². The molecule has 1 aliphatic heterocycles. The van der Waals surface area contributed by atoms with Crippen LogP contribution < -0.4 is 5.32 Å². The molecule has 9 heteroatoms. The van der Waals surface area contributed by atoms with Crippen molar-refractivity contribution in [2.24, 2.45) is 5.92 Å². The molecule has 1 unspecified atom stereocenters. The molecule has 3 rings (SSSR count). The quantitative estimate of drug-likeness (QED) is 0.617. The molecule has 0 bridgehead atoms. The average molecular weight is 431 g/mol. The highest BCUT2D eigenvalue weighted by Gasteiger charge is 2.33. The largest absolute Gasteiger partial charge is 0.356 e. The summed E-state index contributed by atoms with van der Waals surface area (Å²) in [6, 6.07) is 5.50. The number of aromatic nitrogens is 4. The van der Waals surface area contributed by atoms with E-state index in [0.717, 1.165) is 24.8 Å². The minimum absolute atomic E-state index is 0.0593. The molecule has 1 aliphatic rings. The molecule has 0 spiro atoms. The number of aryl methyl sites for hydroxylation is 1. The highest BCUT2D eigenvalue weighted by molar-refractivity contribution is 5.82. The third-order valence-electron chi connectivity index (χ3n) is 5.84. The molecule has 1 fully saturated rings. The lowest BCUT2D eigenvalue weighted by Crippen LogP contribution is -2.46. The number of carbonyl (C=O) groups excluding carboxylic acids is 2. The number of halogens is 1. The lowest BCUT2D eigenvalue weighted by molar-refractivity contribution is -0.138. The van der Waals surface area contributed by atoms with E-state index in [1.54, 1.807) is 24.0 Å². The third kappa shape index (κ3) is 6.08. The van der Waals surface area contributed by atoms with Gasteiger partial charge in [0.05, 0.1) is 0 Å². The Morgan fingerprint density at radius 3 is 2.52 bits per heavy atom. The molecular weight excluding hydrogens is 399 g/mol. The number of hydrogen-bond donors (Lipinski definition) is 1. The Balaban J connectivity index is 1.62. The van der Waals surface area contributed by atoms with Crippen LogP contribution in [0, 0.1) is 18.7 Å². The average Bonchev–Trinajstić information content (AvgIpc) is 3.21. The lowest BCUT2D eigenvalue weighted by Gasteiger charge is -2.33. The van der Waals surface area contributed by atoms with Crippen LogP contribution in [-0.4, -0.2) is 56.6 Å². The third-order valence-corrected chi connectivity index (χ3v) is 5.84. The Labute approximate surface area is 182 Å². The van der Waals surface area contributed by atoms with E-state index >= 15 is 0 Å². The van der Waals surface area contributed by atoms with E-state index in [1.165, 1.54) is 16.8 Å². The van der Waals surface area contributed by atoms with Gasteiger partial charge in [-0.2, -0.15) is 0 Å². The molecule has 0 saturated carbocycles. The lowest BCUT2D eigenvalue weighted by atomic mass is 9.94. The highest BCUT2D eigenvalue weighted by Crippen LogP contribution is 2.23. The van der Waals surface area contributed by atoms with Crippen molar-refractivity contribution in [1.82, 2.24) is 30.4 Å². The summed E-state index contributed by atoms with van der Waals surface area (Å²) < 4.78 is 14.8. The second kappa shape index (κ2) is 11.0. The number of nitrogens with one attached hydrogen (secondary N) is 1. The molecule has 168 valence electrons. The zero-order chi connectivity index (χ0) is 22.2. The molecule has 1 N–H and O–H groups in total. The minimum atomic E-state index is -0.611. The first-order chi connectivity index (χ1) is 15.0. The molecule has 1 saturated heterocycles. The number of benzene rings is 1. The van der Waals surface area contributed by atoms with E-state index in [1.807, 2.05) is 0 Å². The van der Waals surface area contributed by atoms with Crippen molar-refractivity contribution in [2.45, 2.75) is 58.4 Å². The van der Waals surface area contributed by atoms with Gasteiger partial charge in [-0.15, -0.1) is 5.10 Å². The van der Waals surface area contributed by atoms with Crippen molar-refractivity contribution in [3.63, 3.8) is 0 Å². The summed E-state index contributed by atoms with van der Waals surface area (Å²) in [5.74, 6) is 0.169. The van der Waals surface area contributed by atoms with Crippen molar-refractivity contribution < 1.29 is 14.0 Å². The Bertz CT molecular complexity index is 861. The van der Waals surface area contributed by atoms with Gasteiger partial charge in [0.2, 0.25) is 11.8 Å². The van der Waals surface area contributed by atoms with E-state index in [-0.39, 0.29) is 23.5 Å². The van der Waals surface area contributed by atoms with E-state index in [0.29, 0.717) is 44.7 Å². The zero-order valence-corrected chi connectivity index (χ0v) is 18.3. The first kappa shape index (κ1) is 22.8. The summed E-state index contributed by atoms with van der Waals surface area (Å²) in [6.45, 7) is 5.64. The number of unbranched alkanes of at least 4 members (excludes halogenated alkanes) is 2. The van der Waals surface area contributed by atoms with Crippen LogP contribution in [0.2, 0.25) is 0 Å². The molecular formula is C22H31FN6O2. The summed E-state index contributed by atoms with van der Waals surface area (Å²) >= 11 is 0. The molecule has 0 radical (unpaired) electrons. The molecule has 1 atom stereocenters. The van der Waals surface area contributed by atoms with Crippen LogP contribution in [0.4, 0.5) is 4.39 Å². The maximum Gasteiger partial charge on any atom is 0.247 e. The second-order valence-electron chi connectivity index (χ2n) is 8.11. The van der Waals surface area contributed by atoms with Crippen molar-refractivity contribution in [3.8, 4) is 0 Å². The number of hydrogen-bond acceptors (Lipinski definition) is 5. The topological polar surface area (TPSA) is 93.0 Å². The van der Waals surface area contributed by atoms with Gasteiger partial charge in [0.1, 0.15) is 17.7 Å². The summed E-state index contributed by atoms with van der Waals surface area (Å²) in [5, 5.41) is 14.6. The minimum Gasteiger partial charge on any atom is -0.356 e. The van der Waals surface area contributed by atoms with Crippen LogP contribution >= 0.6 is 0 Å². The normalized spacial score (nSPS) is 15.6. The Kier molecular flexibility index (Phi) is 8.08. The van der Waals surface area contributed by atoms with Crippen molar-refractivity contribution in [1.29, 1.82) is 0 Å². The van der Waals surface area contributed by atoms with E-state index in [9.17, 15) is 14.0 Å². The summed E-state index contributed by atoms with van der Waals surface area (Å²) in [5.41, 5.74) is 0.830. The smallest absolute Gasteiger partial charge is 0.247 e. The van der Waals surface area contributed by atoms with E-state index in [4.69, 9.17) is 0 Å². The SMILES string of the molecule is CCCCCNC(=O)C1CCN(C(=O)C(Cc2ccc(F)cc2)n2nnnc2C)CC1. The zero-order valence-electron chi connectivity index (χ0n) is 18.3. The molecule has 2 aromatic rings. The molecule has 1 aromatic heterocycles. The summed E-state index contributed by atoms with van der Waals surface area (Å²) in [4.78, 5) is 27.6. The first-order valence-corrected chi connectivity index (χ1v) is 11.0. The van der Waals surface area contributed by atoms with Crippen molar-refractivity contribution >= 4 is 11.8 Å². The van der Waals surface area contributed by atoms with Gasteiger partial charge in [-0.3, -0.25) is 9.59 Å². The molecule has 31 heavy (non-hydrogen) atoms. The van der Waals surface area contributed by atoms with Gasteiger partial charge < -0.3 is 10.2 Å². The van der Waals surface area contributed by atoms with Gasteiger partial charge >= 0.3 is 0 Å². The van der Waals surface area contributed by atoms with Crippen LogP contribution in [0.3, 0.4) is 0 Å². The van der Waals surface area contributed by atoms with Crippen LogP contribution in [0.15, 0.2) is 24.3 Å². The molecule has 1 aromatic carbocycles.